The van der Waals surface area contributed by atoms with Crippen molar-refractivity contribution in [3.05, 3.63) is 66.5 Å². The van der Waals surface area contributed by atoms with Crippen LogP contribution in [0.1, 0.15) is 25.3 Å². The van der Waals surface area contributed by atoms with Gasteiger partial charge in [-0.05, 0) is 47.4 Å². The topological polar surface area (TPSA) is 72.4 Å². The molecule has 1 aliphatic heterocycles. The van der Waals surface area contributed by atoms with Crippen molar-refractivity contribution in [2.75, 3.05) is 24.2 Å². The van der Waals surface area contributed by atoms with Crippen LogP contribution in [0.5, 0.6) is 5.75 Å². The second kappa shape index (κ2) is 9.06. The number of benzene rings is 2. The van der Waals surface area contributed by atoms with Gasteiger partial charge in [-0.25, -0.2) is 18.4 Å². The first-order valence-electron chi connectivity index (χ1n) is 10.6. The summed E-state index contributed by atoms with van der Waals surface area (Å²) in [5.41, 5.74) is 2.93. The number of rotatable bonds is 6. The summed E-state index contributed by atoms with van der Waals surface area (Å²) in [4.78, 5) is 11.5. The Morgan fingerprint density at radius 2 is 1.65 bits per heavy atom. The highest BCUT2D eigenvalue weighted by Gasteiger charge is 2.22. The number of ether oxygens (including phenoxy) is 1. The van der Waals surface area contributed by atoms with E-state index < -0.39 is 9.84 Å². The number of aryl methyl sites for hydroxylation is 1. The molecule has 1 fully saturated rings. The highest BCUT2D eigenvalue weighted by molar-refractivity contribution is 7.90. The Morgan fingerprint density at radius 1 is 1.00 bits per heavy atom. The number of piperidine rings is 1. The van der Waals surface area contributed by atoms with Crippen LogP contribution in [0.4, 0.5) is 5.95 Å². The summed E-state index contributed by atoms with van der Waals surface area (Å²) in [7, 11) is -3.24. The van der Waals surface area contributed by atoms with Gasteiger partial charge in [0, 0.05) is 44.6 Å². The Kier molecular flexibility index (Phi) is 6.23. The van der Waals surface area contributed by atoms with Gasteiger partial charge >= 0.3 is 0 Å². The largest absolute Gasteiger partial charge is 0.490 e. The molecular weight excluding hydrogens is 410 g/mol. The second-order valence-corrected chi connectivity index (χ2v) is 9.89. The molecule has 0 radical (unpaired) electrons. The molecule has 0 unspecified atom stereocenters. The molecule has 0 bridgehead atoms. The van der Waals surface area contributed by atoms with Crippen LogP contribution < -0.4 is 9.64 Å². The monoisotopic (exact) mass is 437 g/mol. The van der Waals surface area contributed by atoms with Gasteiger partial charge in [0.25, 0.3) is 0 Å². The number of nitrogens with zero attached hydrogens (tertiary/aromatic N) is 3. The zero-order valence-electron chi connectivity index (χ0n) is 17.9. The molecule has 6 nitrogen and oxygen atoms in total. The number of anilines is 1. The van der Waals surface area contributed by atoms with Crippen LogP contribution in [0.15, 0.2) is 65.8 Å². The van der Waals surface area contributed by atoms with Crippen LogP contribution in [-0.4, -0.2) is 43.8 Å². The van der Waals surface area contributed by atoms with Crippen LogP contribution >= 0.6 is 0 Å². The van der Waals surface area contributed by atoms with Gasteiger partial charge in [0.2, 0.25) is 5.95 Å². The molecule has 1 aromatic heterocycles. The van der Waals surface area contributed by atoms with E-state index in [2.05, 4.69) is 21.8 Å². The maximum atomic E-state index is 11.9. The molecule has 4 rings (SSSR count). The summed E-state index contributed by atoms with van der Waals surface area (Å²) in [5.74, 6) is 1.58. The molecule has 2 aromatic carbocycles. The fourth-order valence-electron chi connectivity index (χ4n) is 3.72. The lowest BCUT2D eigenvalue weighted by Gasteiger charge is -2.32. The van der Waals surface area contributed by atoms with Gasteiger partial charge in [-0.2, -0.15) is 0 Å². The van der Waals surface area contributed by atoms with E-state index in [0.29, 0.717) is 4.90 Å². The highest BCUT2D eigenvalue weighted by atomic mass is 32.2. The van der Waals surface area contributed by atoms with Crippen LogP contribution in [0, 0.1) is 0 Å². The third-order valence-corrected chi connectivity index (χ3v) is 6.67. The van der Waals surface area contributed by atoms with Crippen LogP contribution in [0.25, 0.3) is 11.1 Å². The summed E-state index contributed by atoms with van der Waals surface area (Å²) in [6, 6.07) is 14.8. The average molecular weight is 438 g/mol. The van der Waals surface area contributed by atoms with Crippen LogP contribution in [0.2, 0.25) is 0 Å². The fraction of sp³-hybridized carbons (Fsp3) is 0.333. The van der Waals surface area contributed by atoms with Gasteiger partial charge in [0.1, 0.15) is 11.9 Å². The maximum absolute atomic E-state index is 11.9. The minimum absolute atomic E-state index is 0.128. The van der Waals surface area contributed by atoms with E-state index in [4.69, 9.17) is 4.74 Å². The molecule has 7 heteroatoms. The smallest absolute Gasteiger partial charge is 0.225 e. The standard InChI is InChI=1S/C24H27N3O3S/c1-3-18-16-25-24(26-17-18)27-12-10-21(11-13-27)30-22-8-4-6-19(14-22)20-7-5-9-23(15-20)31(2,28)29/h4-9,14-17,21H,3,10-13H2,1-2H3. The summed E-state index contributed by atoms with van der Waals surface area (Å²) >= 11 is 0. The molecule has 0 saturated carbocycles. The van der Waals surface area contributed by atoms with Crippen molar-refractivity contribution < 1.29 is 13.2 Å². The van der Waals surface area contributed by atoms with Crippen molar-refractivity contribution in [1.82, 2.24) is 9.97 Å². The molecule has 0 aliphatic carbocycles. The molecular formula is C24H27N3O3S. The molecule has 0 spiro atoms. The van der Waals surface area contributed by atoms with Gasteiger partial charge in [0.15, 0.2) is 9.84 Å². The minimum atomic E-state index is -3.24. The fourth-order valence-corrected chi connectivity index (χ4v) is 4.38. The Labute approximate surface area is 183 Å². The summed E-state index contributed by atoms with van der Waals surface area (Å²) in [6.45, 7) is 3.80. The lowest BCUT2D eigenvalue weighted by molar-refractivity contribution is 0.170. The summed E-state index contributed by atoms with van der Waals surface area (Å²) < 4.78 is 30.0. The van der Waals surface area contributed by atoms with E-state index >= 15 is 0 Å². The van der Waals surface area contributed by atoms with Gasteiger partial charge < -0.3 is 9.64 Å². The SMILES string of the molecule is CCc1cnc(N2CCC(Oc3cccc(-c4cccc(S(C)(=O)=O)c4)c3)CC2)nc1. The number of hydrogen-bond donors (Lipinski definition) is 0. The first kappa shape index (κ1) is 21.3. The van der Waals surface area contributed by atoms with E-state index in [1.165, 1.54) is 6.26 Å². The second-order valence-electron chi connectivity index (χ2n) is 7.88. The Bertz CT molecular complexity index is 1140. The lowest BCUT2D eigenvalue weighted by Crippen LogP contribution is -2.39. The maximum Gasteiger partial charge on any atom is 0.225 e. The Morgan fingerprint density at radius 3 is 2.29 bits per heavy atom. The molecule has 0 atom stereocenters. The number of sulfone groups is 1. The minimum Gasteiger partial charge on any atom is -0.490 e. The van der Waals surface area contributed by atoms with Gasteiger partial charge in [-0.15, -0.1) is 0 Å². The average Bonchev–Trinajstić information content (AvgIpc) is 2.79. The predicted octanol–water partition coefficient (Wildman–Crippen LogP) is 4.16. The van der Waals surface area contributed by atoms with Gasteiger partial charge in [0.05, 0.1) is 4.90 Å². The summed E-state index contributed by atoms with van der Waals surface area (Å²) in [5, 5.41) is 0. The van der Waals surface area contributed by atoms with E-state index in [1.807, 2.05) is 42.7 Å². The van der Waals surface area contributed by atoms with E-state index in [0.717, 1.165) is 60.7 Å². The number of hydrogen-bond acceptors (Lipinski definition) is 6. The van der Waals surface area contributed by atoms with Gasteiger partial charge in [-0.3, -0.25) is 0 Å². The van der Waals surface area contributed by atoms with Crippen molar-refractivity contribution in [2.45, 2.75) is 37.2 Å². The van der Waals surface area contributed by atoms with Crippen molar-refractivity contribution in [1.29, 1.82) is 0 Å². The third kappa shape index (κ3) is 5.22. The van der Waals surface area contributed by atoms with Crippen molar-refractivity contribution in [3.8, 4) is 16.9 Å². The van der Waals surface area contributed by atoms with E-state index in [9.17, 15) is 8.42 Å². The Hall–Kier alpha value is -2.93. The molecule has 0 amide bonds. The Balaban J connectivity index is 1.41. The molecule has 3 aromatic rings. The molecule has 162 valence electrons. The predicted molar refractivity (Wildman–Crippen MR) is 122 cm³/mol. The third-order valence-electron chi connectivity index (χ3n) is 5.56. The zero-order valence-corrected chi connectivity index (χ0v) is 18.7. The van der Waals surface area contributed by atoms with E-state index in [1.54, 1.807) is 18.2 Å². The van der Waals surface area contributed by atoms with Crippen LogP contribution in [-0.2, 0) is 16.3 Å². The zero-order chi connectivity index (χ0) is 21.8. The first-order valence-corrected chi connectivity index (χ1v) is 12.4. The first-order chi connectivity index (χ1) is 14.9. The summed E-state index contributed by atoms with van der Waals surface area (Å²) in [6.07, 6.45) is 7.88. The van der Waals surface area contributed by atoms with Crippen molar-refractivity contribution in [2.24, 2.45) is 0 Å². The van der Waals surface area contributed by atoms with E-state index in [-0.39, 0.29) is 6.10 Å². The number of aromatic nitrogens is 2. The van der Waals surface area contributed by atoms with Crippen molar-refractivity contribution in [3.63, 3.8) is 0 Å². The molecule has 0 N–H and O–H groups in total. The lowest BCUT2D eigenvalue weighted by atomic mass is 10.1. The van der Waals surface area contributed by atoms with Crippen molar-refractivity contribution >= 4 is 15.8 Å². The molecule has 2 heterocycles. The molecule has 1 aliphatic rings. The highest BCUT2D eigenvalue weighted by Crippen LogP contribution is 2.28. The quantitative estimate of drug-likeness (QED) is 0.577. The van der Waals surface area contributed by atoms with Crippen LogP contribution in [0.3, 0.4) is 0 Å². The molecule has 1 saturated heterocycles. The normalized spacial score (nSPS) is 15.1. The van der Waals surface area contributed by atoms with Gasteiger partial charge in [-0.1, -0.05) is 31.2 Å². The molecule has 31 heavy (non-hydrogen) atoms.